The van der Waals surface area contributed by atoms with Crippen molar-refractivity contribution in [3.05, 3.63) is 41.5 Å². The molecule has 24 heavy (non-hydrogen) atoms. The number of Topliss-reactive ketones (excluding diaryl/α,β-unsaturated/α-hetero) is 1. The van der Waals surface area contributed by atoms with Gasteiger partial charge in [0.15, 0.2) is 23.7 Å². The minimum Gasteiger partial charge on any atom is -0.508 e. The molecule has 7 heteroatoms. The lowest BCUT2D eigenvalue weighted by molar-refractivity contribution is -0.00115. The quantitative estimate of drug-likeness (QED) is 0.791. The highest BCUT2D eigenvalue weighted by molar-refractivity contribution is 6.05. The van der Waals surface area contributed by atoms with E-state index in [-0.39, 0.29) is 34.3 Å². The molecule has 0 fully saturated rings. The van der Waals surface area contributed by atoms with Gasteiger partial charge < -0.3 is 29.5 Å². The Morgan fingerprint density at radius 3 is 2.46 bits per heavy atom. The smallest absolute Gasteiger partial charge is 0.203 e. The molecule has 7 nitrogen and oxygen atoms in total. The number of hydrogen-bond donors (Lipinski definition) is 3. The Balaban J connectivity index is 2.10. The molecule has 0 spiro atoms. The van der Waals surface area contributed by atoms with E-state index in [1.165, 1.54) is 32.4 Å². The molecular formula is C17H16O7. The van der Waals surface area contributed by atoms with Gasteiger partial charge in [-0.1, -0.05) is 6.07 Å². The second kappa shape index (κ2) is 5.93. The summed E-state index contributed by atoms with van der Waals surface area (Å²) < 4.78 is 16.1. The summed E-state index contributed by atoms with van der Waals surface area (Å²) in [5.41, 5.74) is 0.500. The number of carbonyl (C=O) groups is 1. The number of benzene rings is 2. The van der Waals surface area contributed by atoms with E-state index < -0.39 is 18.0 Å². The van der Waals surface area contributed by atoms with Crippen molar-refractivity contribution >= 4 is 5.78 Å². The molecule has 3 N–H and O–H groups in total. The summed E-state index contributed by atoms with van der Waals surface area (Å²) in [4.78, 5) is 12.7. The molecule has 0 amide bonds. The van der Waals surface area contributed by atoms with E-state index in [0.717, 1.165) is 6.07 Å². The largest absolute Gasteiger partial charge is 0.508 e. The van der Waals surface area contributed by atoms with Gasteiger partial charge in [0.2, 0.25) is 5.78 Å². The maximum atomic E-state index is 12.7. The zero-order valence-corrected chi connectivity index (χ0v) is 13.0. The van der Waals surface area contributed by atoms with E-state index in [2.05, 4.69) is 0 Å². The van der Waals surface area contributed by atoms with Crippen LogP contribution in [0.2, 0.25) is 0 Å². The predicted octanol–water partition coefficient (Wildman–Crippen LogP) is 2.14. The lowest BCUT2D eigenvalue weighted by Crippen LogP contribution is -2.37. The third-order valence-electron chi connectivity index (χ3n) is 3.89. The monoisotopic (exact) mass is 332 g/mol. The van der Waals surface area contributed by atoms with E-state index in [9.17, 15) is 20.1 Å². The van der Waals surface area contributed by atoms with Crippen LogP contribution in [-0.4, -0.2) is 41.4 Å². The summed E-state index contributed by atoms with van der Waals surface area (Å²) in [5, 5.41) is 29.3. The summed E-state index contributed by atoms with van der Waals surface area (Å²) in [6.07, 6.45) is -1.83. The average molecular weight is 332 g/mol. The van der Waals surface area contributed by atoms with Crippen LogP contribution in [0.5, 0.6) is 28.7 Å². The molecule has 0 saturated carbocycles. The first-order valence-electron chi connectivity index (χ1n) is 7.12. The predicted molar refractivity (Wildman–Crippen MR) is 82.9 cm³/mol. The molecule has 0 unspecified atom stereocenters. The van der Waals surface area contributed by atoms with Crippen LogP contribution in [0.4, 0.5) is 0 Å². The van der Waals surface area contributed by atoms with Crippen LogP contribution >= 0.6 is 0 Å². The van der Waals surface area contributed by atoms with Crippen LogP contribution in [0.3, 0.4) is 0 Å². The molecule has 0 bridgehead atoms. The van der Waals surface area contributed by atoms with Crippen molar-refractivity contribution in [2.75, 3.05) is 14.2 Å². The second-order valence-electron chi connectivity index (χ2n) is 5.33. The molecule has 0 aliphatic carbocycles. The number of ketones is 1. The molecule has 126 valence electrons. The third-order valence-corrected chi connectivity index (χ3v) is 3.89. The topological polar surface area (TPSA) is 105 Å². The summed E-state index contributed by atoms with van der Waals surface area (Å²) in [7, 11) is 2.77. The Labute approximate surface area is 137 Å². The summed E-state index contributed by atoms with van der Waals surface area (Å²) >= 11 is 0. The van der Waals surface area contributed by atoms with Crippen molar-refractivity contribution in [3.63, 3.8) is 0 Å². The molecule has 1 aliphatic rings. The van der Waals surface area contributed by atoms with Crippen molar-refractivity contribution < 1.29 is 34.3 Å². The van der Waals surface area contributed by atoms with E-state index in [1.54, 1.807) is 6.07 Å². The minimum absolute atomic E-state index is 0.0401. The third kappa shape index (κ3) is 2.48. The molecule has 2 aromatic carbocycles. The summed E-state index contributed by atoms with van der Waals surface area (Å²) in [6, 6.07) is 6.85. The Bertz CT molecular complexity index is 800. The van der Waals surface area contributed by atoms with Crippen molar-refractivity contribution in [2.24, 2.45) is 0 Å². The van der Waals surface area contributed by atoms with Gasteiger partial charge in [0.1, 0.15) is 22.8 Å². The molecule has 0 aromatic heterocycles. The SMILES string of the molecule is COc1cc([C@H]2Oc3cc(O)cc(O)c3C(=O)[C@H]2OC)ccc1O. The lowest BCUT2D eigenvalue weighted by Gasteiger charge is -2.32. The maximum Gasteiger partial charge on any atom is 0.203 e. The van der Waals surface area contributed by atoms with Gasteiger partial charge >= 0.3 is 0 Å². The highest BCUT2D eigenvalue weighted by Gasteiger charge is 2.40. The zero-order valence-electron chi connectivity index (χ0n) is 13.0. The molecule has 2 atom stereocenters. The van der Waals surface area contributed by atoms with Crippen LogP contribution < -0.4 is 9.47 Å². The molecule has 3 rings (SSSR count). The van der Waals surface area contributed by atoms with Gasteiger partial charge in [-0.3, -0.25) is 4.79 Å². The number of hydrogen-bond acceptors (Lipinski definition) is 7. The second-order valence-corrected chi connectivity index (χ2v) is 5.33. The Morgan fingerprint density at radius 1 is 1.04 bits per heavy atom. The fraction of sp³-hybridized carbons (Fsp3) is 0.235. The first-order valence-corrected chi connectivity index (χ1v) is 7.12. The van der Waals surface area contributed by atoms with Crippen molar-refractivity contribution in [1.82, 2.24) is 0 Å². The van der Waals surface area contributed by atoms with Crippen molar-refractivity contribution in [3.8, 4) is 28.7 Å². The number of fused-ring (bicyclic) bond motifs is 1. The highest BCUT2D eigenvalue weighted by Crippen LogP contribution is 2.43. The Kier molecular flexibility index (Phi) is 3.94. The first-order chi connectivity index (χ1) is 11.5. The zero-order chi connectivity index (χ0) is 17.4. The molecule has 0 saturated heterocycles. The first kappa shape index (κ1) is 15.9. The van der Waals surface area contributed by atoms with Crippen LogP contribution in [0.25, 0.3) is 0 Å². The van der Waals surface area contributed by atoms with Gasteiger partial charge in [-0.15, -0.1) is 0 Å². The molecule has 1 heterocycles. The van der Waals surface area contributed by atoms with Crippen LogP contribution in [0, 0.1) is 0 Å². The van der Waals surface area contributed by atoms with Gasteiger partial charge in [-0.2, -0.15) is 0 Å². The molecule has 2 aromatic rings. The van der Waals surface area contributed by atoms with Crippen molar-refractivity contribution in [2.45, 2.75) is 12.2 Å². The minimum atomic E-state index is -0.998. The van der Waals surface area contributed by atoms with E-state index in [1.807, 2.05) is 0 Å². The molecule has 1 aliphatic heterocycles. The summed E-state index contributed by atoms with van der Waals surface area (Å²) in [5.74, 6) is -0.831. The Hall–Kier alpha value is -2.93. The maximum absolute atomic E-state index is 12.7. The number of phenolic OH excluding ortho intramolecular Hbond substituents is 3. The normalized spacial score (nSPS) is 19.5. The van der Waals surface area contributed by atoms with Crippen LogP contribution in [-0.2, 0) is 4.74 Å². The van der Waals surface area contributed by atoms with Crippen LogP contribution in [0.1, 0.15) is 22.0 Å². The van der Waals surface area contributed by atoms with Gasteiger partial charge in [0, 0.05) is 19.2 Å². The van der Waals surface area contributed by atoms with Gasteiger partial charge in [0.25, 0.3) is 0 Å². The fourth-order valence-corrected chi connectivity index (χ4v) is 2.75. The summed E-state index contributed by atoms with van der Waals surface area (Å²) in [6.45, 7) is 0. The average Bonchev–Trinajstić information content (AvgIpc) is 2.54. The van der Waals surface area contributed by atoms with E-state index in [4.69, 9.17) is 14.2 Å². The number of methoxy groups -OCH3 is 2. The van der Waals surface area contributed by atoms with Crippen LogP contribution in [0.15, 0.2) is 30.3 Å². The number of rotatable bonds is 3. The fourth-order valence-electron chi connectivity index (χ4n) is 2.75. The van der Waals surface area contributed by atoms with E-state index in [0.29, 0.717) is 5.56 Å². The number of aromatic hydroxyl groups is 3. The number of phenols is 3. The van der Waals surface area contributed by atoms with Gasteiger partial charge in [-0.05, 0) is 17.7 Å². The van der Waals surface area contributed by atoms with Crippen molar-refractivity contribution in [1.29, 1.82) is 0 Å². The lowest BCUT2D eigenvalue weighted by atomic mass is 9.92. The molecular weight excluding hydrogens is 316 g/mol. The number of carbonyl (C=O) groups excluding carboxylic acids is 1. The van der Waals surface area contributed by atoms with E-state index >= 15 is 0 Å². The van der Waals surface area contributed by atoms with Gasteiger partial charge in [-0.25, -0.2) is 0 Å². The Morgan fingerprint density at radius 2 is 1.79 bits per heavy atom. The van der Waals surface area contributed by atoms with Gasteiger partial charge in [0.05, 0.1) is 7.11 Å². The molecule has 0 radical (unpaired) electrons. The highest BCUT2D eigenvalue weighted by atomic mass is 16.5. The number of ether oxygens (including phenoxy) is 3. The standard InChI is InChI=1S/C17H16O7/c1-22-12-5-8(3-4-10(12)19)16-17(23-2)15(21)14-11(20)6-9(18)7-13(14)24-16/h3-7,16-20H,1-2H3/t16-,17-/m1/s1.